The van der Waals surface area contributed by atoms with Crippen molar-refractivity contribution in [2.75, 3.05) is 22.9 Å². The first-order valence-corrected chi connectivity index (χ1v) is 8.26. The fourth-order valence-corrected chi connectivity index (χ4v) is 2.91. The molecule has 2 amide bonds. The number of likely N-dealkylation sites (N-methyl/N-ethyl adjacent to an activating group) is 1. The minimum absolute atomic E-state index is 0.0833. The number of ether oxygens (including phenoxy) is 1. The van der Waals surface area contributed by atoms with Crippen LogP contribution in [0.2, 0.25) is 0 Å². The molecule has 6 nitrogen and oxygen atoms in total. The van der Waals surface area contributed by atoms with E-state index in [1.54, 1.807) is 11.0 Å². The summed E-state index contributed by atoms with van der Waals surface area (Å²) in [6.45, 7) is 2.61. The fourth-order valence-electron chi connectivity index (χ4n) is 2.91. The van der Waals surface area contributed by atoms with E-state index >= 15 is 0 Å². The molecule has 0 fully saturated rings. The lowest BCUT2D eigenvalue weighted by molar-refractivity contribution is -0.119. The van der Waals surface area contributed by atoms with Gasteiger partial charge in [-0.3, -0.25) is 9.69 Å². The summed E-state index contributed by atoms with van der Waals surface area (Å²) in [6, 6.07) is 15.9. The third kappa shape index (κ3) is 3.49. The maximum Gasteiger partial charge on any atom is 0.414 e. The Hall–Kier alpha value is -2.86. The maximum atomic E-state index is 12.7. The van der Waals surface area contributed by atoms with Crippen LogP contribution in [0, 0.1) is 0 Å². The molecule has 3 rings (SSSR count). The topological polar surface area (TPSA) is 75.9 Å². The number of amides is 2. The molecule has 0 spiro atoms. The first-order chi connectivity index (χ1) is 12.1. The van der Waals surface area contributed by atoms with Gasteiger partial charge in [-0.15, -0.1) is 0 Å². The molecule has 0 aliphatic carbocycles. The predicted molar refractivity (Wildman–Crippen MR) is 96.4 cm³/mol. The van der Waals surface area contributed by atoms with Gasteiger partial charge in [-0.25, -0.2) is 4.79 Å². The molecule has 0 saturated carbocycles. The fraction of sp³-hybridized carbons (Fsp3) is 0.263. The molecule has 1 unspecified atom stereocenters. The largest absolute Gasteiger partial charge is 0.444 e. The summed E-state index contributed by atoms with van der Waals surface area (Å²) in [6.07, 6.45) is -0.516. The summed E-state index contributed by atoms with van der Waals surface area (Å²) in [7, 11) is 0. The zero-order chi connectivity index (χ0) is 17.8. The van der Waals surface area contributed by atoms with E-state index in [1.807, 2.05) is 55.5 Å². The van der Waals surface area contributed by atoms with Gasteiger partial charge in [-0.2, -0.15) is 0 Å². The molecule has 0 radical (unpaired) electrons. The molecule has 2 N–H and O–H groups in total. The van der Waals surface area contributed by atoms with Crippen LogP contribution < -0.4 is 15.5 Å². The highest BCUT2D eigenvalue weighted by molar-refractivity contribution is 6.05. The van der Waals surface area contributed by atoms with Crippen molar-refractivity contribution >= 4 is 23.4 Å². The van der Waals surface area contributed by atoms with E-state index in [4.69, 9.17) is 10.5 Å². The molecular weight excluding hydrogens is 318 g/mol. The first-order valence-electron chi connectivity index (χ1n) is 8.26. The van der Waals surface area contributed by atoms with Gasteiger partial charge in [0.15, 0.2) is 0 Å². The molecule has 0 aromatic heterocycles. The molecule has 2 aromatic rings. The molecule has 0 bridgehead atoms. The molecular formula is C19H21N3O3. The molecule has 1 aliphatic heterocycles. The van der Waals surface area contributed by atoms with Crippen molar-refractivity contribution < 1.29 is 14.3 Å². The first kappa shape index (κ1) is 17.0. The highest BCUT2D eigenvalue weighted by Gasteiger charge is 2.33. The number of benzene rings is 2. The molecule has 1 atom stereocenters. The Labute approximate surface area is 146 Å². The molecule has 25 heavy (non-hydrogen) atoms. The van der Waals surface area contributed by atoms with Gasteiger partial charge in [-0.1, -0.05) is 42.5 Å². The summed E-state index contributed by atoms with van der Waals surface area (Å²) >= 11 is 0. The molecule has 1 heterocycles. The number of rotatable bonds is 3. The van der Waals surface area contributed by atoms with Crippen LogP contribution in [-0.2, 0) is 16.1 Å². The minimum atomic E-state index is -0.795. The summed E-state index contributed by atoms with van der Waals surface area (Å²) in [5.74, 6) is -0.201. The minimum Gasteiger partial charge on any atom is -0.444 e. The number of nitrogens with two attached hydrogens (primary N) is 1. The van der Waals surface area contributed by atoms with E-state index in [-0.39, 0.29) is 19.1 Å². The molecule has 2 aromatic carbocycles. The van der Waals surface area contributed by atoms with Crippen LogP contribution in [0.15, 0.2) is 54.6 Å². The smallest absolute Gasteiger partial charge is 0.414 e. The van der Waals surface area contributed by atoms with Crippen LogP contribution in [0.3, 0.4) is 0 Å². The van der Waals surface area contributed by atoms with Crippen molar-refractivity contribution in [3.63, 3.8) is 0 Å². The van der Waals surface area contributed by atoms with Crippen molar-refractivity contribution in [2.45, 2.75) is 19.6 Å². The van der Waals surface area contributed by atoms with Crippen molar-refractivity contribution in [3.8, 4) is 0 Å². The summed E-state index contributed by atoms with van der Waals surface area (Å²) in [4.78, 5) is 28.2. The highest BCUT2D eigenvalue weighted by atomic mass is 16.6. The van der Waals surface area contributed by atoms with E-state index in [1.165, 1.54) is 4.90 Å². The molecule has 130 valence electrons. The number of carbonyl (C=O) groups excluding carboxylic acids is 2. The zero-order valence-corrected chi connectivity index (χ0v) is 14.1. The number of nitrogens with zero attached hydrogens (tertiary/aromatic N) is 2. The second kappa shape index (κ2) is 7.36. The van der Waals surface area contributed by atoms with Gasteiger partial charge in [0.1, 0.15) is 12.6 Å². The van der Waals surface area contributed by atoms with Crippen LogP contribution in [0.1, 0.15) is 12.5 Å². The Morgan fingerprint density at radius 1 is 1.12 bits per heavy atom. The van der Waals surface area contributed by atoms with Gasteiger partial charge in [0.2, 0.25) is 5.91 Å². The summed E-state index contributed by atoms with van der Waals surface area (Å²) < 4.78 is 5.43. The van der Waals surface area contributed by atoms with E-state index in [2.05, 4.69) is 0 Å². The number of carbonyl (C=O) groups is 2. The summed E-state index contributed by atoms with van der Waals surface area (Å²) in [5, 5.41) is 0. The van der Waals surface area contributed by atoms with Gasteiger partial charge < -0.3 is 15.4 Å². The SMILES string of the molecule is CCN1C(=O)C(N)CN(C(=O)OCc2ccccc2)c2ccccc21. The lowest BCUT2D eigenvalue weighted by Gasteiger charge is -2.24. The average Bonchev–Trinajstić information content (AvgIpc) is 2.75. The maximum absolute atomic E-state index is 12.7. The van der Waals surface area contributed by atoms with Crippen LogP contribution in [0.4, 0.5) is 16.2 Å². The third-order valence-electron chi connectivity index (χ3n) is 4.17. The lowest BCUT2D eigenvalue weighted by Crippen LogP contribution is -2.48. The summed E-state index contributed by atoms with van der Waals surface area (Å²) in [5.41, 5.74) is 8.21. The Bertz CT molecular complexity index is 764. The molecule has 1 aliphatic rings. The standard InChI is InChI=1S/C19H21N3O3/c1-2-21-16-10-6-7-11-17(16)22(12-15(20)18(21)23)19(24)25-13-14-8-4-3-5-9-14/h3-11,15H,2,12-13,20H2,1H3. The van der Waals surface area contributed by atoms with Crippen LogP contribution in [-0.4, -0.2) is 31.1 Å². The lowest BCUT2D eigenvalue weighted by atomic mass is 10.2. The van der Waals surface area contributed by atoms with E-state index < -0.39 is 12.1 Å². The quantitative estimate of drug-likeness (QED) is 0.932. The number of para-hydroxylation sites is 2. The average molecular weight is 339 g/mol. The molecule has 0 saturated heterocycles. The zero-order valence-electron chi connectivity index (χ0n) is 14.1. The predicted octanol–water partition coefficient (Wildman–Crippen LogP) is 2.52. The van der Waals surface area contributed by atoms with Crippen molar-refractivity contribution in [3.05, 3.63) is 60.2 Å². The normalized spacial score (nSPS) is 17.0. The second-order valence-electron chi connectivity index (χ2n) is 5.83. The number of hydrogen-bond acceptors (Lipinski definition) is 4. The van der Waals surface area contributed by atoms with Crippen molar-refractivity contribution in [2.24, 2.45) is 5.73 Å². The van der Waals surface area contributed by atoms with Crippen molar-refractivity contribution in [1.82, 2.24) is 0 Å². The van der Waals surface area contributed by atoms with E-state index in [9.17, 15) is 9.59 Å². The van der Waals surface area contributed by atoms with E-state index in [0.717, 1.165) is 5.56 Å². The molecule has 6 heteroatoms. The van der Waals surface area contributed by atoms with Crippen LogP contribution in [0.25, 0.3) is 0 Å². The Kier molecular flexibility index (Phi) is 5.00. The Morgan fingerprint density at radius 2 is 1.76 bits per heavy atom. The van der Waals surface area contributed by atoms with Gasteiger partial charge in [-0.05, 0) is 24.6 Å². The third-order valence-corrected chi connectivity index (χ3v) is 4.17. The Morgan fingerprint density at radius 3 is 2.44 bits per heavy atom. The van der Waals surface area contributed by atoms with Gasteiger partial charge in [0.05, 0.1) is 17.9 Å². The van der Waals surface area contributed by atoms with Crippen LogP contribution in [0.5, 0.6) is 0 Å². The number of fused-ring (bicyclic) bond motifs is 1. The van der Waals surface area contributed by atoms with E-state index in [0.29, 0.717) is 17.9 Å². The number of anilines is 2. The van der Waals surface area contributed by atoms with Gasteiger partial charge in [0, 0.05) is 6.54 Å². The monoisotopic (exact) mass is 339 g/mol. The van der Waals surface area contributed by atoms with Gasteiger partial charge in [0.25, 0.3) is 0 Å². The van der Waals surface area contributed by atoms with Gasteiger partial charge >= 0.3 is 6.09 Å². The number of hydrogen-bond donors (Lipinski definition) is 1. The highest BCUT2D eigenvalue weighted by Crippen LogP contribution is 2.32. The van der Waals surface area contributed by atoms with Crippen LogP contribution >= 0.6 is 0 Å². The Balaban J connectivity index is 1.86. The second-order valence-corrected chi connectivity index (χ2v) is 5.83. The van der Waals surface area contributed by atoms with Crippen molar-refractivity contribution in [1.29, 1.82) is 0 Å².